The van der Waals surface area contributed by atoms with E-state index in [0.29, 0.717) is 0 Å². The Balaban J connectivity index is 0. The van der Waals surface area contributed by atoms with E-state index in [1.54, 1.807) is 0 Å². The molecule has 0 rings (SSSR count). The summed E-state index contributed by atoms with van der Waals surface area (Å²) >= 11 is 0. The van der Waals surface area contributed by atoms with Crippen molar-refractivity contribution in [3.63, 3.8) is 0 Å². The van der Waals surface area contributed by atoms with Crippen molar-refractivity contribution < 1.29 is 10.4 Å². The molecule has 7 heavy (non-hydrogen) atoms. The predicted octanol–water partition coefficient (Wildman–Crippen LogP) is 0.548. The molecule has 3 heteroatoms. The van der Waals surface area contributed by atoms with Gasteiger partial charge < -0.3 is 10.4 Å². The zero-order chi connectivity index (χ0) is 4.83. The molecule has 0 spiro atoms. The van der Waals surface area contributed by atoms with Crippen LogP contribution in [0.2, 0.25) is 0 Å². The maximum atomic E-state index is 8.23. The lowest BCUT2D eigenvalue weighted by molar-refractivity contribution is 0.641. The Morgan fingerprint density at radius 3 is 2.29 bits per heavy atom. The molecule has 0 fully saturated rings. The maximum absolute atomic E-state index is 8.23. The first-order chi connectivity index (χ1) is 2.91. The molecule has 0 aliphatic rings. The molecule has 0 bridgehead atoms. The molecule has 0 amide bonds. The molecule has 0 aromatic rings. The Labute approximate surface area is 46.1 Å². The molecule has 2 nitrogen and oxygen atoms in total. The maximum Gasteiger partial charge on any atom is 0.0107 e. The van der Waals surface area contributed by atoms with Crippen LogP contribution >= 0.6 is 8.81 Å². The molecule has 46 valence electrons. The van der Waals surface area contributed by atoms with E-state index in [1.807, 2.05) is 0 Å². The van der Waals surface area contributed by atoms with Gasteiger partial charge in [-0.05, 0) is 12.6 Å². The van der Waals surface area contributed by atoms with Gasteiger partial charge in [0.1, 0.15) is 0 Å². The Morgan fingerprint density at radius 1 is 1.57 bits per heavy atom. The standard InChI is InChI=1S/C4H11OP.H2O/c1-2-3-4-6-5;/h5-6H,2-4H2,1H3;1H2. The molecule has 1 unspecified atom stereocenters. The summed E-state index contributed by atoms with van der Waals surface area (Å²) in [4.78, 5) is 8.23. The number of unbranched alkanes of at least 4 members (excludes halogenated alkanes) is 1. The zero-order valence-electron chi connectivity index (χ0n) is 4.57. The van der Waals surface area contributed by atoms with Gasteiger partial charge >= 0.3 is 0 Å². The second-order valence-corrected chi connectivity index (χ2v) is 2.08. The number of rotatable bonds is 3. The molecule has 1 atom stereocenters. The van der Waals surface area contributed by atoms with Crippen molar-refractivity contribution in [2.24, 2.45) is 0 Å². The summed E-state index contributed by atoms with van der Waals surface area (Å²) in [6, 6.07) is 0. The van der Waals surface area contributed by atoms with Crippen molar-refractivity contribution in [1.82, 2.24) is 0 Å². The largest absolute Gasteiger partial charge is 0.412 e. The molecule has 0 aromatic carbocycles. The Bertz CT molecular complexity index is 21.7. The van der Waals surface area contributed by atoms with Gasteiger partial charge in [-0.15, -0.1) is 0 Å². The van der Waals surface area contributed by atoms with Crippen LogP contribution in [-0.4, -0.2) is 16.5 Å². The Kier molecular flexibility index (Phi) is 14.2. The summed E-state index contributed by atoms with van der Waals surface area (Å²) in [7, 11) is 0.165. The lowest BCUT2D eigenvalue weighted by Gasteiger charge is -1.85. The fourth-order valence-electron chi connectivity index (χ4n) is 0.256. The van der Waals surface area contributed by atoms with Crippen LogP contribution in [0.15, 0.2) is 0 Å². The smallest absolute Gasteiger partial charge is 0.0107 e. The SMILES string of the molecule is CCCCPO.O. The first kappa shape index (κ1) is 10.4. The second kappa shape index (κ2) is 9.61. The topological polar surface area (TPSA) is 51.7 Å². The lowest BCUT2D eigenvalue weighted by Crippen LogP contribution is -1.69. The molecule has 3 N–H and O–H groups in total. The summed E-state index contributed by atoms with van der Waals surface area (Å²) in [6.45, 7) is 2.13. The van der Waals surface area contributed by atoms with Crippen LogP contribution < -0.4 is 0 Å². The first-order valence-electron chi connectivity index (χ1n) is 2.28. The molecule has 0 aromatic heterocycles. The lowest BCUT2D eigenvalue weighted by atomic mass is 10.4. The zero-order valence-corrected chi connectivity index (χ0v) is 5.57. The highest BCUT2D eigenvalue weighted by Gasteiger charge is 1.76. The quantitative estimate of drug-likeness (QED) is 0.433. The van der Waals surface area contributed by atoms with E-state index >= 15 is 0 Å². The minimum absolute atomic E-state index is 0. The molecule has 0 saturated heterocycles. The third-order valence-electron chi connectivity index (χ3n) is 0.642. The highest BCUT2D eigenvalue weighted by molar-refractivity contribution is 7.31. The molecular formula is C4H13O2P. The van der Waals surface area contributed by atoms with E-state index in [4.69, 9.17) is 4.89 Å². The van der Waals surface area contributed by atoms with Crippen molar-refractivity contribution in [2.45, 2.75) is 19.8 Å². The molecule has 0 aliphatic carbocycles. The van der Waals surface area contributed by atoms with Gasteiger partial charge in [0.05, 0.1) is 0 Å². The van der Waals surface area contributed by atoms with Crippen LogP contribution in [0.3, 0.4) is 0 Å². The number of hydrogen-bond acceptors (Lipinski definition) is 1. The molecule has 0 saturated carbocycles. The molecule has 0 heterocycles. The summed E-state index contributed by atoms with van der Waals surface area (Å²) in [5.74, 6) is 0. The van der Waals surface area contributed by atoms with Gasteiger partial charge in [-0.3, -0.25) is 0 Å². The first-order valence-corrected chi connectivity index (χ1v) is 3.44. The Hall–Kier alpha value is 0.350. The van der Waals surface area contributed by atoms with Gasteiger partial charge in [-0.25, -0.2) is 0 Å². The van der Waals surface area contributed by atoms with Crippen molar-refractivity contribution in [3.05, 3.63) is 0 Å². The van der Waals surface area contributed by atoms with Crippen LogP contribution in [0.1, 0.15) is 19.8 Å². The molecule has 0 aliphatic heterocycles. The van der Waals surface area contributed by atoms with Gasteiger partial charge in [-0.2, -0.15) is 0 Å². The highest BCUT2D eigenvalue weighted by Crippen LogP contribution is 2.03. The predicted molar refractivity (Wildman–Crippen MR) is 33.9 cm³/mol. The van der Waals surface area contributed by atoms with Crippen LogP contribution in [0.25, 0.3) is 0 Å². The van der Waals surface area contributed by atoms with Crippen LogP contribution in [0.5, 0.6) is 0 Å². The monoisotopic (exact) mass is 124 g/mol. The van der Waals surface area contributed by atoms with E-state index in [9.17, 15) is 0 Å². The van der Waals surface area contributed by atoms with Crippen molar-refractivity contribution in [2.75, 3.05) is 6.16 Å². The van der Waals surface area contributed by atoms with Gasteiger partial charge in [0.25, 0.3) is 0 Å². The fraction of sp³-hybridized carbons (Fsp3) is 1.00. The van der Waals surface area contributed by atoms with E-state index < -0.39 is 0 Å². The number of hydrogen-bond donors (Lipinski definition) is 1. The normalized spacial score (nSPS) is 9.43. The summed E-state index contributed by atoms with van der Waals surface area (Å²) < 4.78 is 0. The highest BCUT2D eigenvalue weighted by atomic mass is 31.1. The van der Waals surface area contributed by atoms with Gasteiger partial charge in [0.15, 0.2) is 0 Å². The fourth-order valence-corrected chi connectivity index (χ4v) is 0.768. The summed E-state index contributed by atoms with van der Waals surface area (Å²) in [5, 5.41) is 0. The van der Waals surface area contributed by atoms with Crippen molar-refractivity contribution in [1.29, 1.82) is 0 Å². The van der Waals surface area contributed by atoms with E-state index in [2.05, 4.69) is 6.92 Å². The average molecular weight is 124 g/mol. The van der Waals surface area contributed by atoms with Crippen molar-refractivity contribution in [3.8, 4) is 0 Å². The third-order valence-corrected chi connectivity index (χ3v) is 1.22. The van der Waals surface area contributed by atoms with Gasteiger partial charge in [0.2, 0.25) is 0 Å². The molecule has 0 radical (unpaired) electrons. The average Bonchev–Trinajstić information content (AvgIpc) is 1.61. The Morgan fingerprint density at radius 2 is 2.14 bits per heavy atom. The second-order valence-electron chi connectivity index (χ2n) is 1.26. The summed E-state index contributed by atoms with van der Waals surface area (Å²) in [5.41, 5.74) is 0. The van der Waals surface area contributed by atoms with Crippen LogP contribution in [-0.2, 0) is 0 Å². The van der Waals surface area contributed by atoms with Gasteiger partial charge in [0, 0.05) is 8.81 Å². The minimum Gasteiger partial charge on any atom is -0.412 e. The van der Waals surface area contributed by atoms with Crippen molar-refractivity contribution >= 4 is 8.81 Å². The van der Waals surface area contributed by atoms with Crippen LogP contribution in [0, 0.1) is 0 Å². The molecular weight excluding hydrogens is 111 g/mol. The van der Waals surface area contributed by atoms with Gasteiger partial charge in [-0.1, -0.05) is 13.3 Å². The third kappa shape index (κ3) is 10.7. The summed E-state index contributed by atoms with van der Waals surface area (Å²) in [6.07, 6.45) is 3.37. The van der Waals surface area contributed by atoms with E-state index in [1.165, 1.54) is 12.8 Å². The van der Waals surface area contributed by atoms with Crippen LogP contribution in [0.4, 0.5) is 0 Å². The van der Waals surface area contributed by atoms with E-state index in [-0.39, 0.29) is 14.3 Å². The minimum atomic E-state index is 0. The van der Waals surface area contributed by atoms with E-state index in [0.717, 1.165) is 6.16 Å².